The van der Waals surface area contributed by atoms with Crippen LogP contribution in [0.2, 0.25) is 0 Å². The van der Waals surface area contributed by atoms with Crippen LogP contribution in [0.4, 0.5) is 5.95 Å². The molecule has 0 saturated heterocycles. The molecule has 0 spiro atoms. The molecule has 1 atom stereocenters. The maximum absolute atomic E-state index is 9.97. The molecule has 0 radical (unpaired) electrons. The van der Waals surface area contributed by atoms with Gasteiger partial charge in [0.25, 0.3) is 0 Å². The summed E-state index contributed by atoms with van der Waals surface area (Å²) in [5.74, 6) is 0.694. The minimum absolute atomic E-state index is 0.227. The van der Waals surface area contributed by atoms with Crippen LogP contribution in [0.1, 0.15) is 26.3 Å². The second-order valence-corrected chi connectivity index (χ2v) is 6.56. The van der Waals surface area contributed by atoms with Gasteiger partial charge in [-0.2, -0.15) is 0 Å². The van der Waals surface area contributed by atoms with E-state index in [9.17, 15) is 5.11 Å². The third-order valence-corrected chi connectivity index (χ3v) is 2.78. The molecule has 1 aromatic rings. The van der Waals surface area contributed by atoms with E-state index in [-0.39, 0.29) is 5.60 Å². The van der Waals surface area contributed by atoms with Crippen molar-refractivity contribution in [2.75, 3.05) is 39.2 Å². The molecule has 6 heteroatoms. The summed E-state index contributed by atoms with van der Waals surface area (Å²) in [6, 6.07) is 0. The average molecular weight is 296 g/mol. The number of nitrogens with zero attached hydrogens (tertiary/aromatic N) is 4. The first-order valence-electron chi connectivity index (χ1n) is 7.16. The van der Waals surface area contributed by atoms with Crippen molar-refractivity contribution in [3.05, 3.63) is 18.0 Å². The number of hydrogen-bond acceptors (Lipinski definition) is 6. The Labute approximate surface area is 127 Å². The Morgan fingerprint density at radius 3 is 2.24 bits per heavy atom. The highest BCUT2D eigenvalue weighted by Gasteiger charge is 2.15. The van der Waals surface area contributed by atoms with Gasteiger partial charge in [-0.1, -0.05) is 0 Å². The van der Waals surface area contributed by atoms with Crippen molar-refractivity contribution < 1.29 is 9.84 Å². The molecule has 1 rings (SSSR count). The van der Waals surface area contributed by atoms with Crippen LogP contribution in [0.3, 0.4) is 0 Å². The number of likely N-dealkylation sites (N-methyl/N-ethyl adjacent to an activating group) is 1. The van der Waals surface area contributed by atoms with Gasteiger partial charge >= 0.3 is 0 Å². The lowest BCUT2D eigenvalue weighted by atomic mass is 10.2. The molecule has 0 fully saturated rings. The first-order valence-corrected chi connectivity index (χ1v) is 7.16. The Morgan fingerprint density at radius 2 is 1.76 bits per heavy atom. The largest absolute Gasteiger partial charge is 0.389 e. The minimum atomic E-state index is -0.504. The van der Waals surface area contributed by atoms with E-state index >= 15 is 0 Å². The molecule has 0 aliphatic carbocycles. The fourth-order valence-corrected chi connectivity index (χ4v) is 1.80. The van der Waals surface area contributed by atoms with Gasteiger partial charge in [-0.25, -0.2) is 9.97 Å². The highest BCUT2D eigenvalue weighted by atomic mass is 16.5. The summed E-state index contributed by atoms with van der Waals surface area (Å²) in [6.07, 6.45) is 3.13. The van der Waals surface area contributed by atoms with E-state index in [4.69, 9.17) is 4.74 Å². The molecule has 0 saturated carbocycles. The monoisotopic (exact) mass is 296 g/mol. The van der Waals surface area contributed by atoms with E-state index in [1.54, 1.807) is 0 Å². The van der Waals surface area contributed by atoms with Gasteiger partial charge < -0.3 is 14.7 Å². The highest BCUT2D eigenvalue weighted by Crippen LogP contribution is 2.09. The van der Waals surface area contributed by atoms with Crippen LogP contribution in [0.25, 0.3) is 0 Å². The van der Waals surface area contributed by atoms with Crippen molar-refractivity contribution in [1.29, 1.82) is 0 Å². The normalized spacial score (nSPS) is 13.5. The lowest BCUT2D eigenvalue weighted by Crippen LogP contribution is -2.34. The van der Waals surface area contributed by atoms with Crippen LogP contribution in [0.5, 0.6) is 0 Å². The summed E-state index contributed by atoms with van der Waals surface area (Å²) >= 11 is 0. The Morgan fingerprint density at radius 1 is 1.19 bits per heavy atom. The van der Waals surface area contributed by atoms with Gasteiger partial charge in [-0.15, -0.1) is 0 Å². The van der Waals surface area contributed by atoms with Gasteiger partial charge in [0, 0.05) is 45.1 Å². The second-order valence-electron chi connectivity index (χ2n) is 6.56. The van der Waals surface area contributed by atoms with Crippen LogP contribution in [-0.2, 0) is 11.3 Å². The molecule has 0 aromatic carbocycles. The Kier molecular flexibility index (Phi) is 6.51. The van der Waals surface area contributed by atoms with Crippen molar-refractivity contribution in [2.24, 2.45) is 0 Å². The van der Waals surface area contributed by atoms with Crippen LogP contribution in [-0.4, -0.2) is 66.0 Å². The summed E-state index contributed by atoms with van der Waals surface area (Å²) in [7, 11) is 5.78. The molecule has 1 unspecified atom stereocenters. The van der Waals surface area contributed by atoms with Crippen LogP contribution < -0.4 is 4.90 Å². The molecule has 0 bridgehead atoms. The van der Waals surface area contributed by atoms with Crippen molar-refractivity contribution >= 4 is 5.95 Å². The Balaban J connectivity index is 2.40. The molecule has 0 amide bonds. The first kappa shape index (κ1) is 17.8. The van der Waals surface area contributed by atoms with Crippen LogP contribution >= 0.6 is 0 Å². The quantitative estimate of drug-likeness (QED) is 0.814. The number of rotatable bonds is 7. The average Bonchev–Trinajstić information content (AvgIpc) is 2.36. The molecule has 1 heterocycles. The van der Waals surface area contributed by atoms with Gasteiger partial charge in [0.15, 0.2) is 0 Å². The van der Waals surface area contributed by atoms with E-state index < -0.39 is 6.10 Å². The van der Waals surface area contributed by atoms with Crippen molar-refractivity contribution in [3.8, 4) is 0 Å². The third-order valence-electron chi connectivity index (χ3n) is 2.78. The zero-order chi connectivity index (χ0) is 16.0. The summed E-state index contributed by atoms with van der Waals surface area (Å²) in [5.41, 5.74) is 0.794. The molecule has 0 aliphatic heterocycles. The van der Waals surface area contributed by atoms with Gasteiger partial charge in [0.1, 0.15) is 0 Å². The lowest BCUT2D eigenvalue weighted by Gasteiger charge is -2.25. The number of aliphatic hydroxyl groups excluding tert-OH is 1. The van der Waals surface area contributed by atoms with Crippen molar-refractivity contribution in [2.45, 2.75) is 39.0 Å². The summed E-state index contributed by atoms with van der Waals surface area (Å²) < 4.78 is 5.58. The summed E-state index contributed by atoms with van der Waals surface area (Å²) in [6.45, 7) is 7.52. The topological polar surface area (TPSA) is 61.7 Å². The summed E-state index contributed by atoms with van der Waals surface area (Å²) in [5, 5.41) is 9.97. The van der Waals surface area contributed by atoms with Crippen LogP contribution in [0, 0.1) is 0 Å². The number of anilines is 1. The maximum atomic E-state index is 9.97. The molecule has 21 heavy (non-hydrogen) atoms. The Hall–Kier alpha value is -1.24. The van der Waals surface area contributed by atoms with E-state index in [1.807, 2.05) is 64.1 Å². The second kappa shape index (κ2) is 7.68. The summed E-state index contributed by atoms with van der Waals surface area (Å²) in [4.78, 5) is 12.5. The number of aliphatic hydroxyl groups is 1. The van der Waals surface area contributed by atoms with E-state index in [1.165, 1.54) is 0 Å². The van der Waals surface area contributed by atoms with E-state index in [0.29, 0.717) is 25.6 Å². The maximum Gasteiger partial charge on any atom is 0.224 e. The molecule has 0 aliphatic rings. The SMILES string of the molecule is CN(Cc1cnc(N(C)C)nc1)CC(O)COC(C)(C)C. The standard InChI is InChI=1S/C15H28N4O2/c1-15(2,3)21-11-13(20)10-19(6)9-12-7-16-14(17-8-12)18(4)5/h7-8,13,20H,9-11H2,1-6H3. The molecular weight excluding hydrogens is 268 g/mol. The number of aromatic nitrogens is 2. The highest BCUT2D eigenvalue weighted by molar-refractivity contribution is 5.26. The predicted octanol–water partition coefficient (Wildman–Crippen LogP) is 1.15. The molecule has 1 N–H and O–H groups in total. The Bertz CT molecular complexity index is 415. The van der Waals surface area contributed by atoms with Gasteiger partial charge in [0.2, 0.25) is 5.95 Å². The van der Waals surface area contributed by atoms with E-state index in [0.717, 1.165) is 5.56 Å². The molecule has 120 valence electrons. The fraction of sp³-hybridized carbons (Fsp3) is 0.733. The zero-order valence-corrected chi connectivity index (χ0v) is 14.0. The molecule has 1 aromatic heterocycles. The number of ether oxygens (including phenoxy) is 1. The van der Waals surface area contributed by atoms with Gasteiger partial charge in [-0.05, 0) is 27.8 Å². The lowest BCUT2D eigenvalue weighted by molar-refractivity contribution is -0.0550. The third kappa shape index (κ3) is 7.36. The fourth-order valence-electron chi connectivity index (χ4n) is 1.80. The van der Waals surface area contributed by atoms with Gasteiger partial charge in [-0.3, -0.25) is 4.90 Å². The van der Waals surface area contributed by atoms with Gasteiger partial charge in [0.05, 0.1) is 18.3 Å². The minimum Gasteiger partial charge on any atom is -0.389 e. The van der Waals surface area contributed by atoms with Crippen molar-refractivity contribution in [1.82, 2.24) is 14.9 Å². The zero-order valence-electron chi connectivity index (χ0n) is 14.0. The molecular formula is C15H28N4O2. The molecule has 6 nitrogen and oxygen atoms in total. The predicted molar refractivity (Wildman–Crippen MR) is 84.4 cm³/mol. The number of hydrogen-bond donors (Lipinski definition) is 1. The van der Waals surface area contributed by atoms with Crippen LogP contribution in [0.15, 0.2) is 12.4 Å². The first-order chi connectivity index (χ1) is 9.67. The van der Waals surface area contributed by atoms with E-state index in [2.05, 4.69) is 9.97 Å². The smallest absolute Gasteiger partial charge is 0.224 e. The van der Waals surface area contributed by atoms with Crippen molar-refractivity contribution in [3.63, 3.8) is 0 Å².